The van der Waals surface area contributed by atoms with E-state index >= 15 is 0 Å². The molecule has 1 N–H and O–H groups in total. The molecular weight excluding hydrogens is 202 g/mol. The molecule has 1 unspecified atom stereocenters. The van der Waals surface area contributed by atoms with E-state index in [2.05, 4.69) is 19.2 Å². The average Bonchev–Trinajstić information content (AvgIpc) is 2.28. The fourth-order valence-corrected chi connectivity index (χ4v) is 1.27. The topological polar surface area (TPSA) is 38.3 Å². The van der Waals surface area contributed by atoms with Crippen LogP contribution in [-0.4, -0.2) is 12.0 Å². The molecule has 0 bridgehead atoms. The number of nitrogens with one attached hydrogen (secondary N) is 1. The SMILES string of the molecule is CCC(C)Nc1ccc(COC(C)=O)cc1. The summed E-state index contributed by atoms with van der Waals surface area (Å²) < 4.78 is 4.91. The molecule has 1 rings (SSSR count). The van der Waals surface area contributed by atoms with E-state index in [9.17, 15) is 4.79 Å². The van der Waals surface area contributed by atoms with Gasteiger partial charge in [0.2, 0.25) is 0 Å². The maximum atomic E-state index is 10.6. The quantitative estimate of drug-likeness (QED) is 0.777. The first-order chi connectivity index (χ1) is 7.61. The largest absolute Gasteiger partial charge is 0.461 e. The lowest BCUT2D eigenvalue weighted by atomic mass is 10.2. The van der Waals surface area contributed by atoms with Gasteiger partial charge in [-0.1, -0.05) is 19.1 Å². The summed E-state index contributed by atoms with van der Waals surface area (Å²) >= 11 is 0. The zero-order chi connectivity index (χ0) is 12.0. The summed E-state index contributed by atoms with van der Waals surface area (Å²) in [5.74, 6) is -0.248. The van der Waals surface area contributed by atoms with Crippen LogP contribution in [0.15, 0.2) is 24.3 Å². The summed E-state index contributed by atoms with van der Waals surface area (Å²) in [6.07, 6.45) is 1.09. The van der Waals surface area contributed by atoms with E-state index in [4.69, 9.17) is 4.74 Å². The number of carbonyl (C=O) groups excluding carboxylic acids is 1. The van der Waals surface area contributed by atoms with E-state index in [1.807, 2.05) is 24.3 Å². The van der Waals surface area contributed by atoms with Gasteiger partial charge < -0.3 is 10.1 Å². The monoisotopic (exact) mass is 221 g/mol. The highest BCUT2D eigenvalue weighted by molar-refractivity contribution is 5.65. The first-order valence-electron chi connectivity index (χ1n) is 5.60. The second kappa shape index (κ2) is 6.16. The second-order valence-electron chi connectivity index (χ2n) is 3.93. The van der Waals surface area contributed by atoms with Crippen LogP contribution < -0.4 is 5.32 Å². The van der Waals surface area contributed by atoms with Crippen molar-refractivity contribution in [3.05, 3.63) is 29.8 Å². The molecule has 0 amide bonds. The molecule has 16 heavy (non-hydrogen) atoms. The standard InChI is InChI=1S/C13H19NO2/c1-4-10(2)14-13-7-5-12(6-8-13)9-16-11(3)15/h5-8,10,14H,4,9H2,1-3H3. The first-order valence-corrected chi connectivity index (χ1v) is 5.60. The maximum Gasteiger partial charge on any atom is 0.302 e. The number of anilines is 1. The summed E-state index contributed by atoms with van der Waals surface area (Å²) in [6, 6.07) is 8.41. The average molecular weight is 221 g/mol. The molecule has 3 nitrogen and oxygen atoms in total. The number of carbonyl (C=O) groups is 1. The fraction of sp³-hybridized carbons (Fsp3) is 0.462. The summed E-state index contributed by atoms with van der Waals surface area (Å²) in [4.78, 5) is 10.6. The third kappa shape index (κ3) is 4.34. The number of ether oxygens (including phenoxy) is 1. The smallest absolute Gasteiger partial charge is 0.302 e. The highest BCUT2D eigenvalue weighted by Gasteiger charge is 2.00. The Morgan fingerprint density at radius 2 is 2.00 bits per heavy atom. The molecule has 0 aromatic heterocycles. The Morgan fingerprint density at radius 3 is 2.50 bits per heavy atom. The molecule has 0 aliphatic rings. The van der Waals surface area contributed by atoms with Crippen LogP contribution in [0.5, 0.6) is 0 Å². The maximum absolute atomic E-state index is 10.6. The second-order valence-corrected chi connectivity index (χ2v) is 3.93. The first kappa shape index (κ1) is 12.6. The Morgan fingerprint density at radius 1 is 1.38 bits per heavy atom. The van der Waals surface area contributed by atoms with Crippen LogP contribution in [0, 0.1) is 0 Å². The Hall–Kier alpha value is -1.51. The fourth-order valence-electron chi connectivity index (χ4n) is 1.27. The zero-order valence-corrected chi connectivity index (χ0v) is 10.1. The van der Waals surface area contributed by atoms with Crippen LogP contribution in [0.4, 0.5) is 5.69 Å². The molecule has 0 radical (unpaired) electrons. The Balaban J connectivity index is 2.50. The molecule has 3 heteroatoms. The molecule has 0 spiro atoms. The van der Waals surface area contributed by atoms with E-state index in [1.54, 1.807) is 0 Å². The van der Waals surface area contributed by atoms with Crippen LogP contribution in [0.25, 0.3) is 0 Å². The van der Waals surface area contributed by atoms with Gasteiger partial charge in [-0.05, 0) is 31.0 Å². The van der Waals surface area contributed by atoms with Gasteiger partial charge >= 0.3 is 5.97 Å². The van der Waals surface area contributed by atoms with Crippen molar-refractivity contribution in [3.8, 4) is 0 Å². The molecular formula is C13H19NO2. The zero-order valence-electron chi connectivity index (χ0n) is 10.1. The summed E-state index contributed by atoms with van der Waals surface area (Å²) in [5, 5.41) is 3.38. The summed E-state index contributed by atoms with van der Waals surface area (Å²) in [5.41, 5.74) is 2.10. The van der Waals surface area contributed by atoms with Gasteiger partial charge in [-0.3, -0.25) is 4.79 Å². The number of benzene rings is 1. The predicted molar refractivity (Wildman–Crippen MR) is 65.3 cm³/mol. The lowest BCUT2D eigenvalue weighted by Crippen LogP contribution is -2.13. The Bertz CT molecular complexity index is 332. The number of rotatable bonds is 5. The van der Waals surface area contributed by atoms with Gasteiger partial charge in [-0.25, -0.2) is 0 Å². The van der Waals surface area contributed by atoms with E-state index in [0.29, 0.717) is 12.6 Å². The molecule has 88 valence electrons. The van der Waals surface area contributed by atoms with Crippen molar-refractivity contribution in [2.75, 3.05) is 5.32 Å². The lowest BCUT2D eigenvalue weighted by Gasteiger charge is -2.13. The minimum Gasteiger partial charge on any atom is -0.461 e. The highest BCUT2D eigenvalue weighted by Crippen LogP contribution is 2.12. The lowest BCUT2D eigenvalue weighted by molar-refractivity contribution is -0.142. The Kier molecular flexibility index (Phi) is 4.83. The van der Waals surface area contributed by atoms with Gasteiger partial charge in [0.15, 0.2) is 0 Å². The van der Waals surface area contributed by atoms with E-state index < -0.39 is 0 Å². The summed E-state index contributed by atoms with van der Waals surface area (Å²) in [6.45, 7) is 6.05. The van der Waals surface area contributed by atoms with Crippen molar-refractivity contribution in [1.82, 2.24) is 0 Å². The summed E-state index contributed by atoms with van der Waals surface area (Å²) in [7, 11) is 0. The van der Waals surface area contributed by atoms with Crippen molar-refractivity contribution in [1.29, 1.82) is 0 Å². The van der Waals surface area contributed by atoms with Crippen molar-refractivity contribution in [2.45, 2.75) is 39.8 Å². The van der Waals surface area contributed by atoms with Crippen LogP contribution >= 0.6 is 0 Å². The third-order valence-electron chi connectivity index (χ3n) is 2.42. The van der Waals surface area contributed by atoms with Gasteiger partial charge in [0, 0.05) is 18.7 Å². The Labute approximate surface area is 96.8 Å². The molecule has 0 heterocycles. The van der Waals surface area contributed by atoms with Gasteiger partial charge in [0.1, 0.15) is 6.61 Å². The minimum absolute atomic E-state index is 0.248. The van der Waals surface area contributed by atoms with Crippen LogP contribution in [-0.2, 0) is 16.1 Å². The van der Waals surface area contributed by atoms with Crippen LogP contribution in [0.1, 0.15) is 32.8 Å². The van der Waals surface area contributed by atoms with Gasteiger partial charge in [0.25, 0.3) is 0 Å². The van der Waals surface area contributed by atoms with Gasteiger partial charge in [-0.15, -0.1) is 0 Å². The minimum atomic E-state index is -0.248. The van der Waals surface area contributed by atoms with Crippen LogP contribution in [0.2, 0.25) is 0 Å². The number of hydrogen-bond donors (Lipinski definition) is 1. The van der Waals surface area contributed by atoms with Crippen molar-refractivity contribution >= 4 is 11.7 Å². The number of hydrogen-bond acceptors (Lipinski definition) is 3. The molecule has 0 fully saturated rings. The molecule has 1 atom stereocenters. The van der Waals surface area contributed by atoms with E-state index in [1.165, 1.54) is 6.92 Å². The van der Waals surface area contributed by atoms with Crippen molar-refractivity contribution < 1.29 is 9.53 Å². The van der Waals surface area contributed by atoms with E-state index in [-0.39, 0.29) is 5.97 Å². The van der Waals surface area contributed by atoms with Crippen LogP contribution in [0.3, 0.4) is 0 Å². The molecule has 1 aromatic rings. The number of esters is 1. The third-order valence-corrected chi connectivity index (χ3v) is 2.42. The highest BCUT2D eigenvalue weighted by atomic mass is 16.5. The van der Waals surface area contributed by atoms with Crippen molar-refractivity contribution in [2.24, 2.45) is 0 Å². The predicted octanol–water partition coefficient (Wildman–Crippen LogP) is 2.96. The molecule has 0 aliphatic heterocycles. The van der Waals surface area contributed by atoms with Gasteiger partial charge in [0.05, 0.1) is 0 Å². The van der Waals surface area contributed by atoms with Gasteiger partial charge in [-0.2, -0.15) is 0 Å². The molecule has 0 aliphatic carbocycles. The molecule has 1 aromatic carbocycles. The molecule has 0 saturated heterocycles. The molecule has 0 saturated carbocycles. The van der Waals surface area contributed by atoms with E-state index in [0.717, 1.165) is 17.7 Å². The normalized spacial score (nSPS) is 11.9. The van der Waals surface area contributed by atoms with Crippen molar-refractivity contribution in [3.63, 3.8) is 0 Å².